The van der Waals surface area contributed by atoms with Crippen LogP contribution in [0.3, 0.4) is 0 Å². The van der Waals surface area contributed by atoms with Crippen LogP contribution in [-0.4, -0.2) is 11.6 Å². The summed E-state index contributed by atoms with van der Waals surface area (Å²) in [5.74, 6) is 2.09. The molecule has 0 atom stereocenters. The highest BCUT2D eigenvalue weighted by Gasteiger charge is 2.08. The fourth-order valence-corrected chi connectivity index (χ4v) is 3.30. The van der Waals surface area contributed by atoms with Gasteiger partial charge in [0.05, 0.1) is 11.2 Å². The minimum absolute atomic E-state index is 0.00395. The molecule has 0 aliphatic rings. The number of nitrogens with zero attached hydrogens (tertiary/aromatic N) is 2. The van der Waals surface area contributed by atoms with E-state index in [4.69, 9.17) is 19.5 Å². The van der Waals surface area contributed by atoms with E-state index in [2.05, 4.69) is 4.98 Å². The summed E-state index contributed by atoms with van der Waals surface area (Å²) in [6.07, 6.45) is 0. The van der Waals surface area contributed by atoms with E-state index in [0.29, 0.717) is 30.5 Å². The van der Waals surface area contributed by atoms with Crippen LogP contribution in [0.2, 0.25) is 0 Å². The summed E-state index contributed by atoms with van der Waals surface area (Å²) >= 11 is 0. The maximum absolute atomic E-state index is 8.81. The number of para-hydroxylation sites is 2. The van der Waals surface area contributed by atoms with Crippen molar-refractivity contribution < 1.29 is 14.2 Å². The van der Waals surface area contributed by atoms with Gasteiger partial charge in [-0.2, -0.15) is 5.26 Å². The summed E-state index contributed by atoms with van der Waals surface area (Å²) in [5, 5.41) is 9.92. The van der Waals surface area contributed by atoms with E-state index in [9.17, 15) is 0 Å². The van der Waals surface area contributed by atoms with Crippen LogP contribution >= 0.6 is 0 Å². The number of aryl methyl sites for hydroxylation is 1. The normalized spacial score (nSPS) is 10.5. The van der Waals surface area contributed by atoms with Gasteiger partial charge in [-0.3, -0.25) is 0 Å². The van der Waals surface area contributed by atoms with Crippen LogP contribution in [-0.2, 0) is 13.2 Å². The van der Waals surface area contributed by atoms with Crippen molar-refractivity contribution in [3.63, 3.8) is 0 Å². The Morgan fingerprint density at radius 2 is 1.58 bits per heavy atom. The highest BCUT2D eigenvalue weighted by atomic mass is 16.5. The number of fused-ring (bicyclic) bond motifs is 1. The Kier molecular flexibility index (Phi) is 6.29. The molecule has 0 amide bonds. The van der Waals surface area contributed by atoms with Crippen LogP contribution in [0.4, 0.5) is 0 Å². The van der Waals surface area contributed by atoms with E-state index in [-0.39, 0.29) is 6.61 Å². The lowest BCUT2D eigenvalue weighted by Crippen LogP contribution is -2.03. The van der Waals surface area contributed by atoms with E-state index >= 15 is 0 Å². The van der Waals surface area contributed by atoms with Gasteiger partial charge in [0.2, 0.25) is 0 Å². The third kappa shape index (κ3) is 5.12. The summed E-state index contributed by atoms with van der Waals surface area (Å²) in [6, 6.07) is 27.4. The molecule has 0 fully saturated rings. The molecule has 0 saturated heterocycles. The molecule has 0 spiro atoms. The number of aromatic nitrogens is 1. The van der Waals surface area contributed by atoms with Gasteiger partial charge in [-0.15, -0.1) is 0 Å². The van der Waals surface area contributed by atoms with E-state index < -0.39 is 0 Å². The molecular weight excluding hydrogens is 388 g/mol. The lowest BCUT2D eigenvalue weighted by molar-refractivity contribution is 0.281. The molecule has 5 heteroatoms. The lowest BCUT2D eigenvalue weighted by Gasteiger charge is -2.14. The maximum atomic E-state index is 8.81. The van der Waals surface area contributed by atoms with Crippen LogP contribution in [0, 0.1) is 18.3 Å². The zero-order valence-electron chi connectivity index (χ0n) is 17.2. The van der Waals surface area contributed by atoms with E-state index in [1.54, 1.807) is 0 Å². The molecule has 0 saturated carbocycles. The van der Waals surface area contributed by atoms with Crippen LogP contribution in [0.5, 0.6) is 17.2 Å². The molecule has 0 aliphatic heterocycles. The molecule has 0 radical (unpaired) electrons. The fraction of sp³-hybridized carbons (Fsp3) is 0.154. The monoisotopic (exact) mass is 410 g/mol. The molecule has 4 rings (SSSR count). The number of benzene rings is 3. The zero-order valence-corrected chi connectivity index (χ0v) is 17.2. The van der Waals surface area contributed by atoms with Gasteiger partial charge in [-0.05, 0) is 36.8 Å². The third-order valence-electron chi connectivity index (χ3n) is 4.82. The lowest BCUT2D eigenvalue weighted by atomic mass is 10.1. The van der Waals surface area contributed by atoms with Crippen molar-refractivity contribution in [2.45, 2.75) is 20.1 Å². The minimum Gasteiger partial charge on any atom is -0.489 e. The standard InChI is InChI=1S/C26H22N2O3/c1-19-6-4-8-21(26(19)29-15-14-27)17-30-23-9-5-10-24(16-23)31-18-22-13-12-20-7-2-3-11-25(20)28-22/h2-13,16H,15,17-18H2,1H3. The van der Waals surface area contributed by atoms with Crippen molar-refractivity contribution in [1.29, 1.82) is 5.26 Å². The van der Waals surface area contributed by atoms with Gasteiger partial charge < -0.3 is 14.2 Å². The second-order valence-corrected chi connectivity index (χ2v) is 7.06. The van der Waals surface area contributed by atoms with Crippen molar-refractivity contribution >= 4 is 10.9 Å². The first-order valence-electron chi connectivity index (χ1n) is 10.0. The zero-order chi connectivity index (χ0) is 21.5. The average molecular weight is 410 g/mol. The van der Waals surface area contributed by atoms with Crippen molar-refractivity contribution in [2.24, 2.45) is 0 Å². The second kappa shape index (κ2) is 9.64. The van der Waals surface area contributed by atoms with Crippen molar-refractivity contribution in [1.82, 2.24) is 4.98 Å². The summed E-state index contributed by atoms with van der Waals surface area (Å²) in [4.78, 5) is 4.64. The molecule has 0 bridgehead atoms. The molecule has 1 heterocycles. The van der Waals surface area contributed by atoms with E-state index in [1.165, 1.54) is 0 Å². The largest absolute Gasteiger partial charge is 0.489 e. The number of pyridine rings is 1. The predicted octanol–water partition coefficient (Wildman–Crippen LogP) is 5.60. The Balaban J connectivity index is 1.40. The Labute approximate surface area is 181 Å². The maximum Gasteiger partial charge on any atom is 0.174 e. The van der Waals surface area contributed by atoms with Gasteiger partial charge >= 0.3 is 0 Å². The molecule has 1 aromatic heterocycles. The van der Waals surface area contributed by atoms with E-state index in [1.807, 2.05) is 91.9 Å². The van der Waals surface area contributed by atoms with Crippen molar-refractivity contribution in [2.75, 3.05) is 6.61 Å². The smallest absolute Gasteiger partial charge is 0.174 e. The van der Waals surface area contributed by atoms with Crippen LogP contribution < -0.4 is 14.2 Å². The van der Waals surface area contributed by atoms with Crippen LogP contribution in [0.15, 0.2) is 78.9 Å². The van der Waals surface area contributed by atoms with Gasteiger partial charge in [0.15, 0.2) is 6.61 Å². The highest BCUT2D eigenvalue weighted by Crippen LogP contribution is 2.26. The van der Waals surface area contributed by atoms with Gasteiger partial charge in [0, 0.05) is 17.0 Å². The van der Waals surface area contributed by atoms with Gasteiger partial charge in [-0.1, -0.05) is 48.5 Å². The molecular formula is C26H22N2O3. The summed E-state index contributed by atoms with van der Waals surface area (Å²) in [6.45, 7) is 2.66. The summed E-state index contributed by atoms with van der Waals surface area (Å²) < 4.78 is 17.5. The van der Waals surface area contributed by atoms with Gasteiger partial charge in [0.25, 0.3) is 0 Å². The molecule has 154 valence electrons. The number of ether oxygens (including phenoxy) is 3. The molecule has 0 aliphatic carbocycles. The molecule has 0 unspecified atom stereocenters. The number of rotatable bonds is 8. The summed E-state index contributed by atoms with van der Waals surface area (Å²) in [5.41, 5.74) is 3.68. The Hall–Kier alpha value is -4.04. The number of hydrogen-bond donors (Lipinski definition) is 0. The molecule has 31 heavy (non-hydrogen) atoms. The van der Waals surface area contributed by atoms with Crippen LogP contribution in [0.25, 0.3) is 10.9 Å². The Morgan fingerprint density at radius 3 is 2.42 bits per heavy atom. The van der Waals surface area contributed by atoms with Crippen molar-refractivity contribution in [3.05, 3.63) is 95.7 Å². The topological polar surface area (TPSA) is 64.4 Å². The predicted molar refractivity (Wildman–Crippen MR) is 119 cm³/mol. The summed E-state index contributed by atoms with van der Waals surface area (Å²) in [7, 11) is 0. The molecule has 3 aromatic carbocycles. The number of hydrogen-bond acceptors (Lipinski definition) is 5. The Bertz CT molecular complexity index is 1230. The fourth-order valence-electron chi connectivity index (χ4n) is 3.30. The van der Waals surface area contributed by atoms with Crippen LogP contribution in [0.1, 0.15) is 16.8 Å². The van der Waals surface area contributed by atoms with Gasteiger partial charge in [-0.25, -0.2) is 4.98 Å². The molecule has 4 aromatic rings. The van der Waals surface area contributed by atoms with Crippen molar-refractivity contribution in [3.8, 4) is 23.3 Å². The van der Waals surface area contributed by atoms with Gasteiger partial charge in [0.1, 0.15) is 36.5 Å². The first-order chi connectivity index (χ1) is 15.2. The average Bonchev–Trinajstić information content (AvgIpc) is 2.81. The van der Waals surface area contributed by atoms with E-state index in [0.717, 1.165) is 27.7 Å². The number of nitriles is 1. The first-order valence-corrected chi connectivity index (χ1v) is 10.0. The Morgan fingerprint density at radius 1 is 0.806 bits per heavy atom. The third-order valence-corrected chi connectivity index (χ3v) is 4.82. The highest BCUT2D eigenvalue weighted by molar-refractivity contribution is 5.78. The molecule has 5 nitrogen and oxygen atoms in total. The second-order valence-electron chi connectivity index (χ2n) is 7.06. The SMILES string of the molecule is Cc1cccc(COc2cccc(OCc3ccc4ccccc4n3)c2)c1OCC#N. The quantitative estimate of drug-likeness (QED) is 0.378. The molecule has 0 N–H and O–H groups in total. The first kappa shape index (κ1) is 20.2. The minimum atomic E-state index is 0.00395.